The van der Waals surface area contributed by atoms with Gasteiger partial charge in [-0.15, -0.1) is 0 Å². The predicted molar refractivity (Wildman–Crippen MR) is 193 cm³/mol. The van der Waals surface area contributed by atoms with E-state index in [1.807, 2.05) is 12.1 Å². The molecule has 1 aromatic carbocycles. The first kappa shape index (κ1) is 40.1. The second kappa shape index (κ2) is 20.4. The number of unbranched alkanes of at least 4 members (excludes halogenated alkanes) is 5. The van der Waals surface area contributed by atoms with Crippen LogP contribution in [0.1, 0.15) is 115 Å². The molecular weight excluding hydrogens is 628 g/mol. The average molecular weight is 691 g/mol. The van der Waals surface area contributed by atoms with Crippen LogP contribution in [0.15, 0.2) is 18.2 Å². The van der Waals surface area contributed by atoms with E-state index in [2.05, 4.69) is 30.9 Å². The summed E-state index contributed by atoms with van der Waals surface area (Å²) in [6, 6.07) is 5.82. The molecule has 9 nitrogen and oxygen atoms in total. The van der Waals surface area contributed by atoms with Gasteiger partial charge in [-0.2, -0.15) is 12.6 Å². The maximum absolute atomic E-state index is 13.7. The van der Waals surface area contributed by atoms with Crippen LogP contribution < -0.4 is 10.1 Å². The molecule has 48 heavy (non-hydrogen) atoms. The summed E-state index contributed by atoms with van der Waals surface area (Å²) < 4.78 is 11.9. The lowest BCUT2D eigenvalue weighted by Gasteiger charge is -2.35. The van der Waals surface area contributed by atoms with Gasteiger partial charge < -0.3 is 25.0 Å². The predicted octanol–water partition coefficient (Wildman–Crippen LogP) is 6.87. The molecule has 0 heterocycles. The van der Waals surface area contributed by atoms with Gasteiger partial charge in [0.15, 0.2) is 12.4 Å². The highest BCUT2D eigenvalue weighted by Crippen LogP contribution is 2.49. The molecule has 0 radical (unpaired) electrons. The van der Waals surface area contributed by atoms with Crippen molar-refractivity contribution in [3.8, 4) is 5.75 Å². The fourth-order valence-electron chi connectivity index (χ4n) is 7.49. The number of thiol groups is 1. The van der Waals surface area contributed by atoms with Crippen LogP contribution in [0.4, 0.5) is 4.79 Å². The van der Waals surface area contributed by atoms with Gasteiger partial charge in [0.25, 0.3) is 0 Å². The second-order valence-corrected chi connectivity index (χ2v) is 14.9. The normalized spacial score (nSPS) is 20.9. The molecule has 0 spiro atoms. The molecule has 0 saturated heterocycles. The summed E-state index contributed by atoms with van der Waals surface area (Å²) in [5, 5.41) is 23.4. The number of aliphatic hydroxyl groups excluding tert-OH is 1. The number of rotatable bonds is 23. The van der Waals surface area contributed by atoms with Crippen LogP contribution in [-0.4, -0.2) is 83.2 Å². The maximum Gasteiger partial charge on any atom is 0.410 e. The van der Waals surface area contributed by atoms with Gasteiger partial charge in [-0.3, -0.25) is 9.69 Å². The molecule has 0 bridgehead atoms. The Morgan fingerprint density at radius 2 is 1.79 bits per heavy atom. The number of nitrogens with one attached hydrogen (secondary N) is 1. The molecule has 1 amide bonds. The van der Waals surface area contributed by atoms with Crippen LogP contribution in [-0.2, 0) is 27.2 Å². The summed E-state index contributed by atoms with van der Waals surface area (Å²) in [5.41, 5.74) is 1.18. The van der Waals surface area contributed by atoms with E-state index in [-0.39, 0.29) is 35.7 Å². The van der Waals surface area contributed by atoms with Crippen LogP contribution in [0.2, 0.25) is 0 Å². The topological polar surface area (TPSA) is 125 Å². The molecule has 10 heteroatoms. The summed E-state index contributed by atoms with van der Waals surface area (Å²) in [6.45, 7) is 7.06. The average Bonchev–Trinajstić information content (AvgIpc) is 3.39. The lowest BCUT2D eigenvalue weighted by Crippen LogP contribution is -2.52. The molecule has 0 aromatic heterocycles. The first-order valence-corrected chi connectivity index (χ1v) is 19.1. The number of carbonyl (C=O) groups is 3. The van der Waals surface area contributed by atoms with Crippen LogP contribution in [0.25, 0.3) is 0 Å². The van der Waals surface area contributed by atoms with Crippen LogP contribution in [0.3, 0.4) is 0 Å². The summed E-state index contributed by atoms with van der Waals surface area (Å²) >= 11 is 4.25. The highest BCUT2D eigenvalue weighted by molar-refractivity contribution is 7.80. The third-order valence-electron chi connectivity index (χ3n) is 10.7. The lowest BCUT2D eigenvalue weighted by atomic mass is 9.73. The molecule has 5 atom stereocenters. The molecule has 3 rings (SSSR count). The molecule has 2 aliphatic rings. The number of Topliss-reactive ketones (excluding diaryl/α,β-unsaturated/α-hetero) is 1. The Balaban J connectivity index is 1.63. The van der Waals surface area contributed by atoms with Crippen molar-refractivity contribution in [2.24, 2.45) is 17.8 Å². The van der Waals surface area contributed by atoms with E-state index < -0.39 is 24.2 Å². The zero-order valence-corrected chi connectivity index (χ0v) is 30.8. The Bertz CT molecular complexity index is 1160. The molecule has 3 N–H and O–H groups in total. The number of likely N-dealkylation sites (N-methyl/N-ethyl adjacent to an activating group) is 1. The van der Waals surface area contributed by atoms with Crippen LogP contribution in [0, 0.1) is 17.8 Å². The first-order chi connectivity index (χ1) is 23.0. The highest BCUT2D eigenvalue weighted by atomic mass is 32.1. The van der Waals surface area contributed by atoms with E-state index in [0.717, 1.165) is 94.2 Å². The summed E-state index contributed by atoms with van der Waals surface area (Å²) in [4.78, 5) is 39.6. The van der Waals surface area contributed by atoms with E-state index >= 15 is 0 Å². The quantitative estimate of drug-likeness (QED) is 0.0725. The van der Waals surface area contributed by atoms with Crippen molar-refractivity contribution in [3.05, 3.63) is 29.3 Å². The van der Waals surface area contributed by atoms with Crippen molar-refractivity contribution in [1.82, 2.24) is 10.2 Å². The molecular formula is C38H62N2O7S. The zero-order valence-electron chi connectivity index (χ0n) is 29.9. The van der Waals surface area contributed by atoms with Gasteiger partial charge in [-0.05, 0) is 125 Å². The van der Waals surface area contributed by atoms with E-state index in [4.69, 9.17) is 9.47 Å². The number of carbonyl (C=O) groups excluding carboxylic acids is 2. The number of nitrogens with zero attached hydrogens (tertiary/aromatic N) is 1. The number of amides is 1. The number of ether oxygens (including phenoxy) is 2. The number of ketones is 1. The number of hydrogen-bond donors (Lipinski definition) is 4. The largest absolute Gasteiger partial charge is 0.482 e. The van der Waals surface area contributed by atoms with Gasteiger partial charge in [0.05, 0.1) is 11.6 Å². The maximum atomic E-state index is 13.7. The highest BCUT2D eigenvalue weighted by Gasteiger charge is 2.48. The van der Waals surface area contributed by atoms with Gasteiger partial charge in [0.1, 0.15) is 11.9 Å². The molecule has 1 aromatic rings. The monoisotopic (exact) mass is 690 g/mol. The minimum atomic E-state index is -1.01. The number of aliphatic hydroxyl groups is 1. The summed E-state index contributed by atoms with van der Waals surface area (Å²) in [7, 11) is 1.65. The Hall–Kier alpha value is -2.30. The SMILES string of the molecule is CCCCC[C@H](O)CC[C@@H]1[C@H]2Cc3cccc(OCC(=O)O)c3C[C@H]2C[C@H]1OC(=O)N(C)C(C)(C)C(=O)CCCNCCCCCCS. The second-order valence-electron chi connectivity index (χ2n) is 14.5. The number of hydrogen-bond acceptors (Lipinski definition) is 8. The van der Waals surface area contributed by atoms with Gasteiger partial charge in [0, 0.05) is 13.5 Å². The van der Waals surface area contributed by atoms with E-state index in [9.17, 15) is 24.6 Å². The standard InChI is InChI=1S/C38H62N2O7S/c1-5-6-9-15-29(41)18-19-30-31-23-27-14-12-16-33(46-26-36(43)44)32(27)24-28(31)25-34(30)47-37(45)40(4)38(2,3)35(42)17-13-21-39-20-10-7-8-11-22-48/h12,14,16,28-31,34,39,41,48H,5-11,13,15,17-26H2,1-4H3,(H,43,44)/t28-,29-,30+,31-,34+/m0/s1. The third-order valence-corrected chi connectivity index (χ3v) is 11.0. The summed E-state index contributed by atoms with van der Waals surface area (Å²) in [5.74, 6) is 1.12. The van der Waals surface area contributed by atoms with Crippen LogP contribution in [0.5, 0.6) is 5.75 Å². The van der Waals surface area contributed by atoms with Gasteiger partial charge >= 0.3 is 12.1 Å². The number of aliphatic carboxylic acids is 1. The molecule has 1 saturated carbocycles. The van der Waals surface area contributed by atoms with Gasteiger partial charge in [-0.25, -0.2) is 9.59 Å². The molecule has 1 fully saturated rings. The lowest BCUT2D eigenvalue weighted by molar-refractivity contribution is -0.139. The fourth-order valence-corrected chi connectivity index (χ4v) is 7.71. The van der Waals surface area contributed by atoms with E-state index in [1.54, 1.807) is 20.9 Å². The molecule has 2 aliphatic carbocycles. The number of benzene rings is 1. The zero-order chi connectivity index (χ0) is 35.1. The Morgan fingerprint density at radius 3 is 2.52 bits per heavy atom. The van der Waals surface area contributed by atoms with Crippen molar-refractivity contribution in [2.75, 3.05) is 32.5 Å². The molecule has 0 unspecified atom stereocenters. The van der Waals surface area contributed by atoms with Crippen molar-refractivity contribution >= 4 is 30.5 Å². The van der Waals surface area contributed by atoms with E-state index in [0.29, 0.717) is 25.0 Å². The van der Waals surface area contributed by atoms with Crippen molar-refractivity contribution in [2.45, 2.75) is 135 Å². The smallest absolute Gasteiger partial charge is 0.410 e. The van der Waals surface area contributed by atoms with Crippen molar-refractivity contribution < 1.29 is 34.1 Å². The minimum absolute atomic E-state index is 0.00807. The Kier molecular flexibility index (Phi) is 17.0. The minimum Gasteiger partial charge on any atom is -0.482 e. The Labute approximate surface area is 294 Å². The summed E-state index contributed by atoms with van der Waals surface area (Å²) in [6.07, 6.45) is 12.1. The fraction of sp³-hybridized carbons (Fsp3) is 0.763. The Morgan fingerprint density at radius 1 is 1.04 bits per heavy atom. The van der Waals surface area contributed by atoms with Crippen LogP contribution >= 0.6 is 12.6 Å². The van der Waals surface area contributed by atoms with Crippen molar-refractivity contribution in [1.29, 1.82) is 0 Å². The molecule has 0 aliphatic heterocycles. The third kappa shape index (κ3) is 11.9. The van der Waals surface area contributed by atoms with Crippen molar-refractivity contribution in [3.63, 3.8) is 0 Å². The first-order valence-electron chi connectivity index (χ1n) is 18.4. The number of fused-ring (bicyclic) bond motifs is 2. The van der Waals surface area contributed by atoms with Gasteiger partial charge in [0.2, 0.25) is 0 Å². The van der Waals surface area contributed by atoms with E-state index in [1.165, 1.54) is 17.7 Å². The number of carboxylic acids is 1. The molecule has 272 valence electrons. The number of carboxylic acid groups (broad SMARTS) is 1. The van der Waals surface area contributed by atoms with Gasteiger partial charge in [-0.1, -0.05) is 51.2 Å².